The average molecular weight is 450 g/mol. The molecule has 0 aliphatic carbocycles. The van der Waals surface area contributed by atoms with Gasteiger partial charge in [0.2, 0.25) is 11.8 Å². The third-order valence-corrected chi connectivity index (χ3v) is 5.03. The maximum absolute atomic E-state index is 14.3. The number of amides is 1. The summed E-state index contributed by atoms with van der Waals surface area (Å²) in [4.78, 5) is 27.8. The molecule has 3 aromatic rings. The number of likely N-dealkylation sites (N-methyl/N-ethyl adjacent to an activating group) is 1. The molecule has 0 bridgehead atoms. The second kappa shape index (κ2) is 9.44. The number of aryl methyl sites for hydroxylation is 1. The van der Waals surface area contributed by atoms with Crippen LogP contribution in [0.4, 0.5) is 16.0 Å². The van der Waals surface area contributed by atoms with Gasteiger partial charge in [-0.3, -0.25) is 4.79 Å². The molecule has 1 atom stereocenters. The van der Waals surface area contributed by atoms with Crippen molar-refractivity contribution in [3.8, 4) is 5.88 Å². The van der Waals surface area contributed by atoms with Gasteiger partial charge in [-0.05, 0) is 27.3 Å². The first-order chi connectivity index (χ1) is 14.5. The standard InChI is InChI=1S/C20H24FN7O2.ClH/c1-4-30-19-15(8-23-20(26-19)27-6-5-13(10-27)22-3)18(29)25-14-7-16(21)17-24-12(2)9-28(17)11-14;/h7-9,11,13,22H,4-6,10H2,1-3H3,(H,25,29);1H/t13-;/m0./s1. The monoisotopic (exact) mass is 449 g/mol. The Bertz CT molecular complexity index is 1090. The van der Waals surface area contributed by atoms with Crippen molar-refractivity contribution in [2.24, 2.45) is 0 Å². The van der Waals surface area contributed by atoms with E-state index in [0.717, 1.165) is 19.5 Å². The molecular formula is C20H25ClFN7O2. The maximum Gasteiger partial charge on any atom is 0.262 e. The maximum atomic E-state index is 14.3. The summed E-state index contributed by atoms with van der Waals surface area (Å²) in [7, 11) is 1.93. The van der Waals surface area contributed by atoms with Gasteiger partial charge in [-0.25, -0.2) is 14.4 Å². The van der Waals surface area contributed by atoms with E-state index in [2.05, 4.69) is 30.5 Å². The molecular weight excluding hydrogens is 425 g/mol. The lowest BCUT2D eigenvalue weighted by Crippen LogP contribution is -2.30. The van der Waals surface area contributed by atoms with Crippen molar-refractivity contribution in [3.05, 3.63) is 41.7 Å². The van der Waals surface area contributed by atoms with E-state index in [4.69, 9.17) is 4.74 Å². The first-order valence-electron chi connectivity index (χ1n) is 9.86. The van der Waals surface area contributed by atoms with E-state index in [9.17, 15) is 9.18 Å². The number of carbonyl (C=O) groups excluding carboxylic acids is 1. The normalized spacial score (nSPS) is 15.7. The van der Waals surface area contributed by atoms with Crippen molar-refractivity contribution in [2.45, 2.75) is 26.3 Å². The highest BCUT2D eigenvalue weighted by atomic mass is 35.5. The van der Waals surface area contributed by atoms with Gasteiger partial charge in [-0.1, -0.05) is 0 Å². The molecule has 1 aliphatic heterocycles. The summed E-state index contributed by atoms with van der Waals surface area (Å²) < 4.78 is 21.4. The minimum absolute atomic E-state index is 0. The molecule has 4 rings (SSSR count). The largest absolute Gasteiger partial charge is 0.477 e. The highest BCUT2D eigenvalue weighted by molar-refractivity contribution is 6.05. The molecule has 1 amide bonds. The first kappa shape index (κ1) is 22.7. The van der Waals surface area contributed by atoms with Crippen LogP contribution in [0.15, 0.2) is 24.7 Å². The van der Waals surface area contributed by atoms with Crippen LogP contribution < -0.4 is 20.3 Å². The minimum Gasteiger partial charge on any atom is -0.477 e. The molecule has 3 aromatic heterocycles. The summed E-state index contributed by atoms with van der Waals surface area (Å²) in [6.45, 7) is 5.56. The Morgan fingerprint density at radius 1 is 1.35 bits per heavy atom. The van der Waals surface area contributed by atoms with E-state index in [1.165, 1.54) is 16.7 Å². The van der Waals surface area contributed by atoms with E-state index in [1.54, 1.807) is 19.3 Å². The van der Waals surface area contributed by atoms with E-state index < -0.39 is 11.7 Å². The van der Waals surface area contributed by atoms with Crippen LogP contribution in [-0.4, -0.2) is 58.0 Å². The Morgan fingerprint density at radius 3 is 2.87 bits per heavy atom. The lowest BCUT2D eigenvalue weighted by atomic mass is 10.3. The zero-order valence-corrected chi connectivity index (χ0v) is 18.4. The van der Waals surface area contributed by atoms with E-state index >= 15 is 0 Å². The summed E-state index contributed by atoms with van der Waals surface area (Å²) in [6, 6.07) is 1.61. The van der Waals surface area contributed by atoms with Crippen LogP contribution in [0.5, 0.6) is 5.88 Å². The minimum atomic E-state index is -0.523. The fourth-order valence-electron chi connectivity index (χ4n) is 3.54. The second-order valence-corrected chi connectivity index (χ2v) is 7.19. The SMILES string of the molecule is CCOc1nc(N2CC[C@H](NC)C2)ncc1C(=O)Nc1cc(F)c2nc(C)cn2c1.Cl. The van der Waals surface area contributed by atoms with Crippen LogP contribution in [0.2, 0.25) is 0 Å². The summed E-state index contributed by atoms with van der Waals surface area (Å²) in [5, 5.41) is 5.94. The Labute approximate surface area is 185 Å². The summed E-state index contributed by atoms with van der Waals surface area (Å²) in [6.07, 6.45) is 5.74. The van der Waals surface area contributed by atoms with Gasteiger partial charge in [0.25, 0.3) is 5.91 Å². The van der Waals surface area contributed by atoms with Gasteiger partial charge in [0.15, 0.2) is 11.5 Å². The lowest BCUT2D eigenvalue weighted by molar-refractivity contribution is 0.102. The molecule has 0 radical (unpaired) electrons. The predicted molar refractivity (Wildman–Crippen MR) is 118 cm³/mol. The zero-order valence-electron chi connectivity index (χ0n) is 17.6. The Hall–Kier alpha value is -2.98. The van der Waals surface area contributed by atoms with Gasteiger partial charge in [0.1, 0.15) is 5.56 Å². The van der Waals surface area contributed by atoms with Gasteiger partial charge >= 0.3 is 0 Å². The number of imidazole rings is 1. The molecule has 1 fully saturated rings. The van der Waals surface area contributed by atoms with Crippen molar-refractivity contribution in [1.29, 1.82) is 0 Å². The van der Waals surface area contributed by atoms with Crippen LogP contribution in [-0.2, 0) is 0 Å². The number of pyridine rings is 1. The topological polar surface area (TPSA) is 96.7 Å². The van der Waals surface area contributed by atoms with Crippen molar-refractivity contribution >= 4 is 35.6 Å². The van der Waals surface area contributed by atoms with E-state index in [1.807, 2.05) is 14.0 Å². The van der Waals surface area contributed by atoms with Gasteiger partial charge in [-0.2, -0.15) is 4.98 Å². The van der Waals surface area contributed by atoms with Crippen LogP contribution in [0.1, 0.15) is 29.4 Å². The summed E-state index contributed by atoms with van der Waals surface area (Å²) in [5.74, 6) is -0.275. The van der Waals surface area contributed by atoms with Crippen LogP contribution in [0.3, 0.4) is 0 Å². The van der Waals surface area contributed by atoms with Crippen molar-refractivity contribution < 1.29 is 13.9 Å². The number of hydrogen-bond acceptors (Lipinski definition) is 7. The van der Waals surface area contributed by atoms with Crippen molar-refractivity contribution in [3.63, 3.8) is 0 Å². The van der Waals surface area contributed by atoms with Crippen molar-refractivity contribution in [1.82, 2.24) is 24.7 Å². The van der Waals surface area contributed by atoms with Gasteiger partial charge < -0.3 is 24.7 Å². The molecule has 0 saturated carbocycles. The molecule has 0 unspecified atom stereocenters. The fourth-order valence-corrected chi connectivity index (χ4v) is 3.54. The van der Waals surface area contributed by atoms with Crippen LogP contribution >= 0.6 is 12.4 Å². The van der Waals surface area contributed by atoms with Gasteiger partial charge in [-0.15, -0.1) is 12.4 Å². The average Bonchev–Trinajstić information content (AvgIpc) is 3.34. The smallest absolute Gasteiger partial charge is 0.262 e. The lowest BCUT2D eigenvalue weighted by Gasteiger charge is -2.18. The number of rotatable bonds is 6. The number of carbonyl (C=O) groups is 1. The third kappa shape index (κ3) is 4.70. The van der Waals surface area contributed by atoms with E-state index in [0.29, 0.717) is 30.0 Å². The van der Waals surface area contributed by atoms with Crippen molar-refractivity contribution in [2.75, 3.05) is 37.0 Å². The number of nitrogens with zero attached hydrogens (tertiary/aromatic N) is 5. The number of hydrogen-bond donors (Lipinski definition) is 2. The molecule has 166 valence electrons. The highest BCUT2D eigenvalue weighted by Crippen LogP contribution is 2.23. The zero-order chi connectivity index (χ0) is 21.3. The molecule has 0 aromatic carbocycles. The molecule has 2 N–H and O–H groups in total. The number of ether oxygens (including phenoxy) is 1. The number of aromatic nitrogens is 4. The number of halogens is 2. The molecule has 1 aliphatic rings. The fraction of sp³-hybridized carbons (Fsp3) is 0.400. The summed E-state index contributed by atoms with van der Waals surface area (Å²) >= 11 is 0. The van der Waals surface area contributed by atoms with Crippen LogP contribution in [0, 0.1) is 12.7 Å². The molecule has 0 spiro atoms. The Morgan fingerprint density at radius 2 is 2.16 bits per heavy atom. The first-order valence-corrected chi connectivity index (χ1v) is 9.86. The highest BCUT2D eigenvalue weighted by Gasteiger charge is 2.25. The second-order valence-electron chi connectivity index (χ2n) is 7.19. The molecule has 4 heterocycles. The van der Waals surface area contributed by atoms with Gasteiger partial charge in [0.05, 0.1) is 18.0 Å². The molecule has 1 saturated heterocycles. The molecule has 31 heavy (non-hydrogen) atoms. The third-order valence-electron chi connectivity index (χ3n) is 5.03. The predicted octanol–water partition coefficient (Wildman–Crippen LogP) is 2.44. The number of anilines is 2. The van der Waals surface area contributed by atoms with Crippen LogP contribution in [0.25, 0.3) is 5.65 Å². The number of nitrogens with one attached hydrogen (secondary N) is 2. The van der Waals surface area contributed by atoms with Gasteiger partial charge in [0, 0.05) is 43.8 Å². The molecule has 11 heteroatoms. The number of fused-ring (bicyclic) bond motifs is 1. The molecule has 9 nitrogen and oxygen atoms in total. The Balaban J connectivity index is 0.00000272. The van der Waals surface area contributed by atoms with E-state index in [-0.39, 0.29) is 29.5 Å². The summed E-state index contributed by atoms with van der Waals surface area (Å²) in [5.41, 5.74) is 1.37. The Kier molecular flexibility index (Phi) is 6.91. The quantitative estimate of drug-likeness (QED) is 0.596.